The Labute approximate surface area is 202 Å². The number of rotatable bonds is 15. The Balaban J connectivity index is 6.88. The molecule has 0 aliphatic heterocycles. The summed E-state index contributed by atoms with van der Waals surface area (Å²) in [5, 5.41) is 0. The molecule has 0 saturated heterocycles. The van der Waals surface area contributed by atoms with E-state index in [0.29, 0.717) is 0 Å². The van der Waals surface area contributed by atoms with Crippen LogP contribution in [0.4, 0.5) is 92.2 Å². The molecule has 0 N–H and O–H groups in total. The monoisotopic (exact) mass is 686 g/mol. The fraction of sp³-hybridized carbons (Fsp3) is 1.00. The van der Waals surface area contributed by atoms with Crippen molar-refractivity contribution >= 4 is 16.5 Å². The fourth-order valence-electron chi connectivity index (χ4n) is 1.92. The molecular weight excluding hydrogens is 676 g/mol. The Morgan fingerprint density at radius 3 is 0.658 bits per heavy atom. The Morgan fingerprint density at radius 2 is 0.526 bits per heavy atom. The fourth-order valence-corrected chi connectivity index (χ4v) is 3.54. The van der Waals surface area contributed by atoms with Gasteiger partial charge in [-0.25, -0.2) is 0 Å². The van der Waals surface area contributed by atoms with E-state index < -0.39 is 95.2 Å². The zero-order chi connectivity index (χ0) is 31.1. The Kier molecular flexibility index (Phi) is 11.1. The van der Waals surface area contributed by atoms with E-state index in [1.165, 1.54) is 0 Å². The zero-order valence-corrected chi connectivity index (χ0v) is 21.3. The van der Waals surface area contributed by atoms with E-state index in [1.807, 2.05) is 0 Å². The van der Waals surface area contributed by atoms with E-state index >= 15 is 0 Å². The Morgan fingerprint density at radius 1 is 0.368 bits per heavy atom. The molecule has 25 heteroatoms. The SMILES string of the molecule is FC(F)C(F)C(F)(F)C(F)(F)O[C]([GeH3])(OC(F)(F)C(F)(F)C(F)C(F)F)OC(F)(F)C(F)(F)C(F)C(F)F. The summed E-state index contributed by atoms with van der Waals surface area (Å²) < 4.78 is 281. The third kappa shape index (κ3) is 7.37. The van der Waals surface area contributed by atoms with Crippen LogP contribution >= 0.6 is 0 Å². The molecule has 0 aliphatic rings. The van der Waals surface area contributed by atoms with Gasteiger partial charge in [-0.05, 0) is 0 Å². The predicted octanol–water partition coefficient (Wildman–Crippen LogP) is 5.51. The standard InChI is InChI=1S/C13H9F21GeO3/c14-1(4(17)18)7(23,24)10(29,30)36-13(35,37-11(31,32)8(25,26)2(15)5(19)20)38-12(33,34)9(27,28)3(16)6(21)22/h1-6H,35H3. The molecule has 0 heterocycles. The minimum absolute atomic E-state index is 2.34. The minimum atomic E-state index is -7.30. The van der Waals surface area contributed by atoms with Crippen molar-refractivity contribution in [2.45, 2.75) is 78.7 Å². The van der Waals surface area contributed by atoms with Crippen molar-refractivity contribution in [1.29, 1.82) is 0 Å². The first-order valence-corrected chi connectivity index (χ1v) is 10.7. The van der Waals surface area contributed by atoms with Crippen molar-refractivity contribution in [2.75, 3.05) is 0 Å². The van der Waals surface area contributed by atoms with Gasteiger partial charge in [0.05, 0.1) is 0 Å². The normalized spacial score (nSPS) is 19.3. The first kappa shape index (κ1) is 37.0. The van der Waals surface area contributed by atoms with Crippen LogP contribution in [0, 0.1) is 0 Å². The summed E-state index contributed by atoms with van der Waals surface area (Å²) in [6, 6.07) is 0. The van der Waals surface area contributed by atoms with Gasteiger partial charge >= 0.3 is 202 Å². The molecule has 0 saturated carbocycles. The number of alkyl halides is 21. The number of hydrogen-bond acceptors (Lipinski definition) is 3. The summed E-state index contributed by atoms with van der Waals surface area (Å²) in [5.41, 5.74) is 0. The van der Waals surface area contributed by atoms with E-state index in [9.17, 15) is 92.2 Å². The van der Waals surface area contributed by atoms with Crippen LogP contribution in [-0.4, -0.2) is 95.2 Å². The molecule has 0 aromatic heterocycles. The average molecular weight is 685 g/mol. The molecular formula is C13H9F21GeO3. The van der Waals surface area contributed by atoms with Gasteiger partial charge in [0.25, 0.3) is 0 Å². The molecule has 0 amide bonds. The summed E-state index contributed by atoms with van der Waals surface area (Å²) in [7, 11) is 0. The van der Waals surface area contributed by atoms with Gasteiger partial charge in [0.2, 0.25) is 0 Å². The van der Waals surface area contributed by atoms with Crippen molar-refractivity contribution in [2.24, 2.45) is 0 Å². The number of hydrogen-bond donors (Lipinski definition) is 0. The summed E-state index contributed by atoms with van der Waals surface area (Å²) in [4.78, 5) is -5.99. The van der Waals surface area contributed by atoms with Crippen molar-refractivity contribution in [3.63, 3.8) is 0 Å². The van der Waals surface area contributed by atoms with E-state index in [-0.39, 0.29) is 0 Å². The van der Waals surface area contributed by atoms with Crippen LogP contribution < -0.4 is 0 Å². The molecule has 0 bridgehead atoms. The molecule has 3 atom stereocenters. The second kappa shape index (κ2) is 11.4. The molecule has 0 spiro atoms. The quantitative estimate of drug-likeness (QED) is 0.130. The molecule has 0 radical (unpaired) electrons. The third-order valence-electron chi connectivity index (χ3n) is 3.81. The first-order chi connectivity index (χ1) is 16.4. The van der Waals surface area contributed by atoms with Crippen LogP contribution in [0.15, 0.2) is 0 Å². The molecule has 0 aromatic carbocycles. The molecule has 3 nitrogen and oxygen atoms in total. The molecule has 0 rings (SSSR count). The Hall–Kier alpha value is -1.05. The van der Waals surface area contributed by atoms with Crippen molar-refractivity contribution < 1.29 is 106 Å². The first-order valence-electron chi connectivity index (χ1n) is 8.57. The van der Waals surface area contributed by atoms with Crippen LogP contribution in [0.2, 0.25) is 0 Å². The van der Waals surface area contributed by atoms with Gasteiger partial charge in [-0.1, -0.05) is 0 Å². The van der Waals surface area contributed by atoms with Crippen molar-refractivity contribution in [3.8, 4) is 0 Å². The topological polar surface area (TPSA) is 27.7 Å². The van der Waals surface area contributed by atoms with E-state index in [4.69, 9.17) is 0 Å². The number of halogens is 21. The predicted molar refractivity (Wildman–Crippen MR) is 78.3 cm³/mol. The van der Waals surface area contributed by atoms with Crippen LogP contribution in [0.25, 0.3) is 0 Å². The Bertz CT molecular complexity index is 678. The maximum absolute atomic E-state index is 13.7. The molecule has 0 aromatic rings. The summed E-state index contributed by atoms with van der Waals surface area (Å²) in [6.45, 7) is 0. The van der Waals surface area contributed by atoms with E-state index in [2.05, 4.69) is 14.2 Å². The van der Waals surface area contributed by atoms with Crippen LogP contribution in [-0.2, 0) is 14.2 Å². The van der Waals surface area contributed by atoms with Crippen LogP contribution in [0.3, 0.4) is 0 Å². The van der Waals surface area contributed by atoms with Gasteiger partial charge < -0.3 is 0 Å². The van der Waals surface area contributed by atoms with E-state index in [1.54, 1.807) is 0 Å². The molecule has 230 valence electrons. The summed E-state index contributed by atoms with van der Waals surface area (Å²) in [5.74, 6) is -21.3. The van der Waals surface area contributed by atoms with Crippen LogP contribution in [0.5, 0.6) is 0 Å². The zero-order valence-electron chi connectivity index (χ0n) is 17.1. The van der Waals surface area contributed by atoms with Gasteiger partial charge in [0.1, 0.15) is 0 Å². The van der Waals surface area contributed by atoms with Gasteiger partial charge in [0, 0.05) is 0 Å². The van der Waals surface area contributed by atoms with Crippen LogP contribution in [0.1, 0.15) is 0 Å². The van der Waals surface area contributed by atoms with Gasteiger partial charge in [0.15, 0.2) is 0 Å². The maximum atomic E-state index is 13.7. The average Bonchev–Trinajstić information content (AvgIpc) is 2.69. The summed E-state index contributed by atoms with van der Waals surface area (Å²) >= 11 is -3.30. The summed E-state index contributed by atoms with van der Waals surface area (Å²) in [6.07, 6.45) is -53.7. The molecule has 38 heavy (non-hydrogen) atoms. The second-order valence-corrected chi connectivity index (χ2v) is 9.37. The number of ether oxygens (including phenoxy) is 3. The van der Waals surface area contributed by atoms with Crippen molar-refractivity contribution in [1.82, 2.24) is 0 Å². The third-order valence-corrected chi connectivity index (χ3v) is 5.09. The second-order valence-electron chi connectivity index (χ2n) is 6.80. The molecule has 0 aliphatic carbocycles. The molecule has 3 unspecified atom stereocenters. The van der Waals surface area contributed by atoms with Gasteiger partial charge in [-0.15, -0.1) is 0 Å². The van der Waals surface area contributed by atoms with Gasteiger partial charge in [-0.2, -0.15) is 0 Å². The molecule has 0 fully saturated rings. The van der Waals surface area contributed by atoms with Gasteiger partial charge in [-0.3, -0.25) is 0 Å². The van der Waals surface area contributed by atoms with E-state index in [0.717, 1.165) is 0 Å². The van der Waals surface area contributed by atoms with Crippen molar-refractivity contribution in [3.05, 3.63) is 0 Å².